The third kappa shape index (κ3) is 3.99. The van der Waals surface area contributed by atoms with Crippen LogP contribution in [0.15, 0.2) is 4.79 Å². The molecule has 3 heterocycles. The minimum atomic E-state index is -0.117. The van der Waals surface area contributed by atoms with Crippen LogP contribution in [-0.2, 0) is 17.9 Å². The number of aryl methyl sites for hydroxylation is 2. The molecule has 0 spiro atoms. The molecule has 0 unspecified atom stereocenters. The maximum absolute atomic E-state index is 13.2. The van der Waals surface area contributed by atoms with Crippen molar-refractivity contribution in [1.82, 2.24) is 19.8 Å². The Morgan fingerprint density at radius 3 is 2.69 bits per heavy atom. The van der Waals surface area contributed by atoms with Crippen molar-refractivity contribution in [3.8, 4) is 0 Å². The summed E-state index contributed by atoms with van der Waals surface area (Å²) >= 11 is 1.57. The molecule has 6 nitrogen and oxygen atoms in total. The highest BCUT2D eigenvalue weighted by Crippen LogP contribution is 2.26. The zero-order chi connectivity index (χ0) is 18.7. The van der Waals surface area contributed by atoms with Gasteiger partial charge in [0.2, 0.25) is 5.91 Å². The summed E-state index contributed by atoms with van der Waals surface area (Å²) < 4.78 is 1.58. The number of aromatic nitrogens is 2. The summed E-state index contributed by atoms with van der Waals surface area (Å²) in [6.07, 6.45) is 4.34. The molecule has 7 heteroatoms. The van der Waals surface area contributed by atoms with E-state index in [4.69, 9.17) is 4.98 Å². The summed E-state index contributed by atoms with van der Waals surface area (Å²) in [5.74, 6) is 0.588. The van der Waals surface area contributed by atoms with Gasteiger partial charge in [-0.25, -0.2) is 4.98 Å². The Labute approximate surface area is 158 Å². The van der Waals surface area contributed by atoms with Gasteiger partial charge in [0.15, 0.2) is 0 Å². The Hall–Kier alpha value is -1.73. The van der Waals surface area contributed by atoms with Gasteiger partial charge in [-0.1, -0.05) is 13.3 Å². The molecule has 0 atom stereocenters. The van der Waals surface area contributed by atoms with Crippen LogP contribution in [0.25, 0.3) is 10.2 Å². The van der Waals surface area contributed by atoms with E-state index < -0.39 is 0 Å². The number of nitrogens with zero attached hydrogens (tertiary/aromatic N) is 3. The van der Waals surface area contributed by atoms with Crippen LogP contribution in [0.4, 0.5) is 0 Å². The number of unbranched alkanes of at least 4 members (excludes halogenated alkanes) is 1. The molecule has 0 aromatic carbocycles. The molecule has 1 fully saturated rings. The van der Waals surface area contributed by atoms with Gasteiger partial charge in [-0.05, 0) is 51.8 Å². The van der Waals surface area contributed by atoms with E-state index in [0.717, 1.165) is 41.2 Å². The van der Waals surface area contributed by atoms with Crippen LogP contribution in [0.1, 0.15) is 48.9 Å². The summed E-state index contributed by atoms with van der Waals surface area (Å²) in [5, 5.41) is 3.58. The fraction of sp³-hybridized carbons (Fsp3) is 0.632. The molecule has 142 valence electrons. The maximum atomic E-state index is 13.2. The maximum Gasteiger partial charge on any atom is 0.263 e. The molecule has 2 aromatic rings. The zero-order valence-electron chi connectivity index (χ0n) is 15.9. The molecule has 0 saturated carbocycles. The first-order chi connectivity index (χ1) is 12.5. The minimum absolute atomic E-state index is 0.0446. The molecule has 2 aromatic heterocycles. The second kappa shape index (κ2) is 8.31. The third-order valence-electron chi connectivity index (χ3n) is 5.09. The molecule has 1 aliphatic heterocycles. The number of rotatable bonds is 7. The van der Waals surface area contributed by atoms with E-state index in [0.29, 0.717) is 24.3 Å². The average molecular weight is 377 g/mol. The molecule has 1 saturated heterocycles. The summed E-state index contributed by atoms with van der Waals surface area (Å²) in [7, 11) is 0. The van der Waals surface area contributed by atoms with E-state index in [1.807, 2.05) is 13.8 Å². The van der Waals surface area contributed by atoms with Crippen molar-refractivity contribution >= 4 is 27.5 Å². The number of nitrogens with one attached hydrogen (secondary N) is 1. The topological polar surface area (TPSA) is 67.2 Å². The highest BCUT2D eigenvalue weighted by molar-refractivity contribution is 7.18. The van der Waals surface area contributed by atoms with Crippen molar-refractivity contribution in [3.63, 3.8) is 0 Å². The van der Waals surface area contributed by atoms with Crippen molar-refractivity contribution < 1.29 is 4.79 Å². The number of hydrogen-bond donors (Lipinski definition) is 1. The summed E-state index contributed by atoms with van der Waals surface area (Å²) in [6, 6.07) is 0. The Kier molecular flexibility index (Phi) is 6.09. The van der Waals surface area contributed by atoms with E-state index in [9.17, 15) is 9.59 Å². The number of fused-ring (bicyclic) bond motifs is 1. The first kappa shape index (κ1) is 19.0. The Balaban J connectivity index is 1.96. The van der Waals surface area contributed by atoms with Gasteiger partial charge in [0, 0.05) is 11.4 Å². The molecule has 1 N–H and O–H groups in total. The SMILES string of the molecule is CCCCNC(=O)Cn1c(CN2CCCC2)nc2sc(C)c(C)c2c1=O. The molecular weight excluding hydrogens is 348 g/mol. The average Bonchev–Trinajstić information content (AvgIpc) is 3.20. The standard InChI is InChI=1S/C19H28N4O2S/c1-4-5-8-20-16(24)12-23-15(11-22-9-6-7-10-22)21-18-17(19(23)25)13(2)14(3)26-18/h4-12H2,1-3H3,(H,20,24). The fourth-order valence-corrected chi connectivity index (χ4v) is 4.44. The Morgan fingerprint density at radius 1 is 1.27 bits per heavy atom. The van der Waals surface area contributed by atoms with E-state index >= 15 is 0 Å². The van der Waals surface area contributed by atoms with Crippen LogP contribution in [0, 0.1) is 13.8 Å². The molecule has 3 rings (SSSR count). The van der Waals surface area contributed by atoms with Crippen LogP contribution >= 0.6 is 11.3 Å². The third-order valence-corrected chi connectivity index (χ3v) is 6.19. The first-order valence-corrected chi connectivity index (χ1v) is 10.3. The van der Waals surface area contributed by atoms with Crippen LogP contribution in [-0.4, -0.2) is 40.0 Å². The van der Waals surface area contributed by atoms with Crippen LogP contribution in [0.3, 0.4) is 0 Å². The molecule has 0 aliphatic carbocycles. The first-order valence-electron chi connectivity index (χ1n) is 9.49. The van der Waals surface area contributed by atoms with E-state index in [1.165, 1.54) is 12.8 Å². The van der Waals surface area contributed by atoms with E-state index in [2.05, 4.69) is 17.1 Å². The monoisotopic (exact) mass is 376 g/mol. The number of thiophene rings is 1. The lowest BCUT2D eigenvalue weighted by Gasteiger charge is -2.18. The molecule has 1 amide bonds. The number of likely N-dealkylation sites (tertiary alicyclic amines) is 1. The molecule has 0 bridgehead atoms. The zero-order valence-corrected chi connectivity index (χ0v) is 16.7. The van der Waals surface area contributed by atoms with E-state index in [-0.39, 0.29) is 18.0 Å². The van der Waals surface area contributed by atoms with E-state index in [1.54, 1.807) is 15.9 Å². The lowest BCUT2D eigenvalue weighted by molar-refractivity contribution is -0.121. The highest BCUT2D eigenvalue weighted by atomic mass is 32.1. The van der Waals surface area contributed by atoms with Crippen molar-refractivity contribution in [3.05, 3.63) is 26.6 Å². The van der Waals surface area contributed by atoms with Crippen LogP contribution in [0.2, 0.25) is 0 Å². The van der Waals surface area contributed by atoms with Gasteiger partial charge in [0.25, 0.3) is 5.56 Å². The number of carbonyl (C=O) groups is 1. The van der Waals surface area contributed by atoms with Gasteiger partial charge in [-0.2, -0.15) is 0 Å². The molecular formula is C19H28N4O2S. The summed E-state index contributed by atoms with van der Waals surface area (Å²) in [5.41, 5.74) is 0.895. The normalized spacial score (nSPS) is 15.0. The minimum Gasteiger partial charge on any atom is -0.355 e. The fourth-order valence-electron chi connectivity index (χ4n) is 3.40. The van der Waals surface area contributed by atoms with Gasteiger partial charge in [0.1, 0.15) is 17.2 Å². The van der Waals surface area contributed by atoms with Crippen LogP contribution < -0.4 is 10.9 Å². The lowest BCUT2D eigenvalue weighted by atomic mass is 10.2. The second-order valence-corrected chi connectivity index (χ2v) is 8.27. The predicted octanol–water partition coefficient (Wildman–Crippen LogP) is 2.59. The van der Waals surface area contributed by atoms with Crippen molar-refractivity contribution in [2.24, 2.45) is 0 Å². The predicted molar refractivity (Wildman–Crippen MR) is 106 cm³/mol. The number of amides is 1. The lowest BCUT2D eigenvalue weighted by Crippen LogP contribution is -2.36. The van der Waals surface area contributed by atoms with Crippen molar-refractivity contribution in [2.45, 2.75) is 59.5 Å². The quantitative estimate of drug-likeness (QED) is 0.754. The van der Waals surface area contributed by atoms with Gasteiger partial charge < -0.3 is 5.32 Å². The Morgan fingerprint density at radius 2 is 2.00 bits per heavy atom. The highest BCUT2D eigenvalue weighted by Gasteiger charge is 2.21. The van der Waals surface area contributed by atoms with Crippen molar-refractivity contribution in [2.75, 3.05) is 19.6 Å². The summed E-state index contributed by atoms with van der Waals surface area (Å²) in [6.45, 7) is 9.44. The van der Waals surface area contributed by atoms with Gasteiger partial charge in [-0.15, -0.1) is 11.3 Å². The number of hydrogen-bond acceptors (Lipinski definition) is 5. The number of carbonyl (C=O) groups excluding carboxylic acids is 1. The molecule has 1 aliphatic rings. The van der Waals surface area contributed by atoms with Crippen LogP contribution in [0.5, 0.6) is 0 Å². The van der Waals surface area contributed by atoms with Gasteiger partial charge in [-0.3, -0.25) is 19.1 Å². The molecule has 26 heavy (non-hydrogen) atoms. The van der Waals surface area contributed by atoms with Gasteiger partial charge >= 0.3 is 0 Å². The van der Waals surface area contributed by atoms with Crippen molar-refractivity contribution in [1.29, 1.82) is 0 Å². The van der Waals surface area contributed by atoms with Gasteiger partial charge in [0.05, 0.1) is 11.9 Å². The molecule has 0 radical (unpaired) electrons. The second-order valence-electron chi connectivity index (χ2n) is 7.07. The largest absolute Gasteiger partial charge is 0.355 e. The Bertz CT molecular complexity index is 849. The summed E-state index contributed by atoms with van der Waals surface area (Å²) in [4.78, 5) is 34.5. The smallest absolute Gasteiger partial charge is 0.263 e.